The van der Waals surface area contributed by atoms with Crippen molar-refractivity contribution in [1.82, 2.24) is 14.5 Å². The van der Waals surface area contributed by atoms with Crippen LogP contribution in [0.4, 0.5) is 0 Å². The van der Waals surface area contributed by atoms with E-state index in [-0.39, 0.29) is 41.9 Å². The van der Waals surface area contributed by atoms with Crippen LogP contribution in [0.3, 0.4) is 0 Å². The van der Waals surface area contributed by atoms with E-state index in [9.17, 15) is 22.8 Å². The summed E-state index contributed by atoms with van der Waals surface area (Å²) in [6.07, 6.45) is -0.265. The molecule has 0 aliphatic carbocycles. The van der Waals surface area contributed by atoms with E-state index in [2.05, 4.69) is 5.32 Å². The fourth-order valence-electron chi connectivity index (χ4n) is 3.61. The fourth-order valence-corrected chi connectivity index (χ4v) is 5.40. The number of hydrogen-bond acceptors (Lipinski definition) is 5. The molecule has 1 heterocycles. The van der Waals surface area contributed by atoms with E-state index >= 15 is 0 Å². The molecule has 0 radical (unpaired) electrons. The van der Waals surface area contributed by atoms with Gasteiger partial charge in [-0.05, 0) is 50.6 Å². The first kappa shape index (κ1) is 24.7. The van der Waals surface area contributed by atoms with Crippen molar-refractivity contribution < 1.29 is 22.8 Å². The van der Waals surface area contributed by atoms with Crippen molar-refractivity contribution >= 4 is 39.3 Å². The smallest absolute Gasteiger partial charge is 0.269 e. The maximum atomic E-state index is 13.2. The molecule has 0 spiro atoms. The molecular weight excluding hydrogens is 466 g/mol. The molecule has 2 aromatic carbocycles. The number of benzene rings is 2. The Morgan fingerprint density at radius 3 is 2.42 bits per heavy atom. The SMILES string of the molecule is CC(C)NC(=O)C(C)N(Cc1cccc(Cl)c1)C(=O)CCN1C(=O)c2ccccc2S1(=O)=O. The van der Waals surface area contributed by atoms with Crippen LogP contribution in [0.15, 0.2) is 53.4 Å². The summed E-state index contributed by atoms with van der Waals surface area (Å²) in [5.41, 5.74) is 0.808. The monoisotopic (exact) mass is 491 g/mol. The molecular formula is C23H26ClN3O5S. The Morgan fingerprint density at radius 1 is 1.09 bits per heavy atom. The number of halogens is 1. The van der Waals surface area contributed by atoms with Gasteiger partial charge in [-0.2, -0.15) is 0 Å². The number of fused-ring (bicyclic) bond motifs is 1. The van der Waals surface area contributed by atoms with Crippen LogP contribution < -0.4 is 5.32 Å². The molecule has 2 aromatic rings. The van der Waals surface area contributed by atoms with Crippen molar-refractivity contribution in [1.29, 1.82) is 0 Å². The molecule has 1 aliphatic heterocycles. The second-order valence-corrected chi connectivity index (χ2v) is 10.4. The van der Waals surface area contributed by atoms with Gasteiger partial charge >= 0.3 is 0 Å². The Morgan fingerprint density at radius 2 is 1.79 bits per heavy atom. The van der Waals surface area contributed by atoms with Crippen LogP contribution in [0, 0.1) is 0 Å². The molecule has 0 aromatic heterocycles. The highest BCUT2D eigenvalue weighted by atomic mass is 35.5. The Balaban J connectivity index is 1.80. The van der Waals surface area contributed by atoms with Gasteiger partial charge in [-0.15, -0.1) is 0 Å². The molecule has 33 heavy (non-hydrogen) atoms. The molecule has 1 aliphatic rings. The van der Waals surface area contributed by atoms with E-state index < -0.39 is 27.9 Å². The van der Waals surface area contributed by atoms with Gasteiger partial charge in [0.2, 0.25) is 11.8 Å². The summed E-state index contributed by atoms with van der Waals surface area (Å²) in [6, 6.07) is 11.9. The third kappa shape index (κ3) is 5.36. The summed E-state index contributed by atoms with van der Waals surface area (Å²) in [5.74, 6) is -1.46. The van der Waals surface area contributed by atoms with Crippen LogP contribution in [0.25, 0.3) is 0 Å². The normalized spacial score (nSPS) is 15.3. The topological polar surface area (TPSA) is 104 Å². The summed E-state index contributed by atoms with van der Waals surface area (Å²) < 4.78 is 26.3. The average molecular weight is 492 g/mol. The largest absolute Gasteiger partial charge is 0.352 e. The van der Waals surface area contributed by atoms with Crippen molar-refractivity contribution in [2.24, 2.45) is 0 Å². The number of nitrogens with one attached hydrogen (secondary N) is 1. The maximum absolute atomic E-state index is 13.2. The molecule has 1 unspecified atom stereocenters. The van der Waals surface area contributed by atoms with Gasteiger partial charge in [0.25, 0.3) is 15.9 Å². The van der Waals surface area contributed by atoms with Gasteiger partial charge in [0.15, 0.2) is 0 Å². The van der Waals surface area contributed by atoms with Crippen molar-refractivity contribution in [3.8, 4) is 0 Å². The summed E-state index contributed by atoms with van der Waals surface area (Å²) in [4.78, 5) is 39.7. The third-order valence-corrected chi connectivity index (χ3v) is 7.36. The summed E-state index contributed by atoms with van der Waals surface area (Å²) in [6.45, 7) is 5.02. The van der Waals surface area contributed by atoms with E-state index in [0.717, 1.165) is 5.56 Å². The first-order valence-corrected chi connectivity index (χ1v) is 12.3. The zero-order valence-corrected chi connectivity index (χ0v) is 20.2. The van der Waals surface area contributed by atoms with Gasteiger partial charge in [-0.3, -0.25) is 14.4 Å². The van der Waals surface area contributed by atoms with Gasteiger partial charge in [-0.25, -0.2) is 12.7 Å². The predicted molar refractivity (Wildman–Crippen MR) is 124 cm³/mol. The number of sulfonamides is 1. The minimum atomic E-state index is -4.02. The fraction of sp³-hybridized carbons (Fsp3) is 0.348. The Labute approximate surface area is 198 Å². The lowest BCUT2D eigenvalue weighted by molar-refractivity contribution is -0.140. The van der Waals surface area contributed by atoms with Gasteiger partial charge in [0, 0.05) is 30.6 Å². The molecule has 176 valence electrons. The number of amides is 3. The molecule has 0 saturated carbocycles. The average Bonchev–Trinajstić information content (AvgIpc) is 2.95. The lowest BCUT2D eigenvalue weighted by Gasteiger charge is -2.30. The Kier molecular flexibility index (Phi) is 7.44. The molecule has 0 fully saturated rings. The minimum Gasteiger partial charge on any atom is -0.352 e. The number of hydrogen-bond donors (Lipinski definition) is 1. The highest BCUT2D eigenvalue weighted by Gasteiger charge is 2.41. The van der Waals surface area contributed by atoms with Crippen LogP contribution in [-0.4, -0.2) is 54.0 Å². The number of rotatable bonds is 8. The summed E-state index contributed by atoms with van der Waals surface area (Å²) in [7, 11) is -4.02. The Hall–Kier alpha value is -2.91. The quantitative estimate of drug-likeness (QED) is 0.611. The number of carbonyl (C=O) groups is 3. The third-order valence-electron chi connectivity index (χ3n) is 5.28. The minimum absolute atomic E-state index is 0.0667. The second kappa shape index (κ2) is 9.93. The lowest BCUT2D eigenvalue weighted by atomic mass is 10.1. The van der Waals surface area contributed by atoms with Crippen molar-refractivity contribution in [3.05, 3.63) is 64.7 Å². The van der Waals surface area contributed by atoms with Crippen LogP contribution in [0.5, 0.6) is 0 Å². The molecule has 10 heteroatoms. The van der Waals surface area contributed by atoms with Crippen molar-refractivity contribution in [2.45, 2.75) is 50.7 Å². The van der Waals surface area contributed by atoms with E-state index in [4.69, 9.17) is 11.6 Å². The predicted octanol–water partition coefficient (Wildman–Crippen LogP) is 2.82. The van der Waals surface area contributed by atoms with Crippen LogP contribution in [-0.2, 0) is 26.2 Å². The highest BCUT2D eigenvalue weighted by Crippen LogP contribution is 2.30. The van der Waals surface area contributed by atoms with E-state index in [0.29, 0.717) is 9.33 Å². The zero-order chi connectivity index (χ0) is 24.3. The van der Waals surface area contributed by atoms with Gasteiger partial charge in [0.1, 0.15) is 10.9 Å². The standard InChI is InChI=1S/C23H26ClN3O5S/c1-15(2)25-22(29)16(3)26(14-17-7-6-8-18(24)13-17)21(28)11-12-27-23(30)19-9-4-5-10-20(19)33(27,31)32/h4-10,13,15-16H,11-12,14H2,1-3H3,(H,25,29). The first-order chi connectivity index (χ1) is 15.5. The maximum Gasteiger partial charge on any atom is 0.269 e. The summed E-state index contributed by atoms with van der Waals surface area (Å²) >= 11 is 6.06. The van der Waals surface area contributed by atoms with Gasteiger partial charge in [-0.1, -0.05) is 35.9 Å². The molecule has 3 rings (SSSR count). The molecule has 1 atom stereocenters. The highest BCUT2D eigenvalue weighted by molar-refractivity contribution is 7.90. The van der Waals surface area contributed by atoms with E-state index in [1.807, 2.05) is 13.8 Å². The number of carbonyl (C=O) groups excluding carboxylic acids is 3. The Bertz CT molecular complexity index is 1180. The second-order valence-electron chi connectivity index (χ2n) is 8.12. The van der Waals surface area contributed by atoms with Crippen LogP contribution in [0.2, 0.25) is 5.02 Å². The van der Waals surface area contributed by atoms with Crippen LogP contribution >= 0.6 is 11.6 Å². The molecule has 1 N–H and O–H groups in total. The summed E-state index contributed by atoms with van der Waals surface area (Å²) in [5, 5.41) is 3.28. The van der Waals surface area contributed by atoms with Gasteiger partial charge in [0.05, 0.1) is 5.56 Å². The van der Waals surface area contributed by atoms with E-state index in [1.165, 1.54) is 17.0 Å². The first-order valence-electron chi connectivity index (χ1n) is 10.5. The van der Waals surface area contributed by atoms with Crippen molar-refractivity contribution in [3.63, 3.8) is 0 Å². The molecule has 0 bridgehead atoms. The zero-order valence-electron chi connectivity index (χ0n) is 18.6. The molecule has 3 amide bonds. The number of nitrogens with zero attached hydrogens (tertiary/aromatic N) is 2. The van der Waals surface area contributed by atoms with E-state index in [1.54, 1.807) is 43.3 Å². The molecule has 0 saturated heterocycles. The van der Waals surface area contributed by atoms with Gasteiger partial charge < -0.3 is 10.2 Å². The van der Waals surface area contributed by atoms with Crippen LogP contribution in [0.1, 0.15) is 43.1 Å². The van der Waals surface area contributed by atoms with Crippen molar-refractivity contribution in [2.75, 3.05) is 6.54 Å². The molecule has 8 nitrogen and oxygen atoms in total. The lowest BCUT2D eigenvalue weighted by Crippen LogP contribution is -2.49.